The first-order valence-electron chi connectivity index (χ1n) is 6.62. The molecule has 0 aliphatic carbocycles. The summed E-state index contributed by atoms with van der Waals surface area (Å²) < 4.78 is 8.75. The SMILES string of the molecule is C=S(c1ccccc1)n1c(COSC)cc2c(Br)ccnc21. The normalized spacial score (nSPS) is 12.6. The minimum absolute atomic E-state index is 0.369. The summed E-state index contributed by atoms with van der Waals surface area (Å²) in [6.45, 7) is 0.524. The Morgan fingerprint density at radius 3 is 2.82 bits per heavy atom. The number of pyridine rings is 1. The van der Waals surface area contributed by atoms with Crippen molar-refractivity contribution >= 4 is 55.5 Å². The van der Waals surface area contributed by atoms with E-state index in [0.717, 1.165) is 21.2 Å². The van der Waals surface area contributed by atoms with E-state index in [-0.39, 0.29) is 10.7 Å². The molecule has 3 aromatic rings. The standard InChI is InChI=1S/C16H15BrN2OS2/c1-21-20-11-12-10-14-15(17)8-9-18-16(14)19(12)22(2)13-6-4-3-5-7-13/h3-10H,2,11H2,1H3. The summed E-state index contributed by atoms with van der Waals surface area (Å²) >= 11 is 4.97. The van der Waals surface area contributed by atoms with Crippen LogP contribution in [0, 0.1) is 0 Å². The molecule has 0 saturated heterocycles. The summed E-state index contributed by atoms with van der Waals surface area (Å²) in [7, 11) is -0.369. The first-order chi connectivity index (χ1) is 10.7. The van der Waals surface area contributed by atoms with E-state index in [9.17, 15) is 0 Å². The molecule has 1 unspecified atom stereocenters. The third-order valence-electron chi connectivity index (χ3n) is 3.24. The number of benzene rings is 1. The quantitative estimate of drug-likeness (QED) is 0.443. The van der Waals surface area contributed by atoms with Gasteiger partial charge in [0.15, 0.2) is 5.65 Å². The first kappa shape index (κ1) is 15.8. The van der Waals surface area contributed by atoms with Crippen LogP contribution in [0.4, 0.5) is 0 Å². The number of fused-ring (bicyclic) bond motifs is 1. The summed E-state index contributed by atoms with van der Waals surface area (Å²) in [5.74, 6) is 4.37. The fourth-order valence-corrected chi connectivity index (χ4v) is 4.32. The number of nitrogens with zero attached hydrogens (tertiary/aromatic N) is 2. The van der Waals surface area contributed by atoms with Gasteiger partial charge in [-0.25, -0.2) is 4.98 Å². The first-order valence-corrected chi connectivity index (χ1v) is 9.91. The lowest BCUT2D eigenvalue weighted by Gasteiger charge is -2.14. The molecule has 0 saturated carbocycles. The second-order valence-electron chi connectivity index (χ2n) is 4.57. The molecule has 22 heavy (non-hydrogen) atoms. The topological polar surface area (TPSA) is 27.1 Å². The van der Waals surface area contributed by atoms with E-state index < -0.39 is 0 Å². The molecule has 114 valence electrons. The fraction of sp³-hybridized carbons (Fsp3) is 0.125. The lowest BCUT2D eigenvalue weighted by atomic mass is 10.3. The Hall–Kier alpha value is -1.08. The second kappa shape index (κ2) is 7.00. The molecule has 0 aliphatic heterocycles. The highest BCUT2D eigenvalue weighted by molar-refractivity contribution is 9.10. The third kappa shape index (κ3) is 3.01. The summed E-state index contributed by atoms with van der Waals surface area (Å²) in [5.41, 5.74) is 2.00. The van der Waals surface area contributed by atoms with Crippen LogP contribution in [-0.4, -0.2) is 21.1 Å². The van der Waals surface area contributed by atoms with E-state index in [1.54, 1.807) is 0 Å². The van der Waals surface area contributed by atoms with Gasteiger partial charge < -0.3 is 4.18 Å². The number of hydrogen-bond acceptors (Lipinski definition) is 3. The van der Waals surface area contributed by atoms with Crippen molar-refractivity contribution < 1.29 is 4.18 Å². The molecule has 0 aliphatic rings. The molecule has 6 heteroatoms. The van der Waals surface area contributed by atoms with Crippen molar-refractivity contribution in [3.05, 3.63) is 58.8 Å². The van der Waals surface area contributed by atoms with Crippen LogP contribution >= 0.6 is 38.6 Å². The summed E-state index contributed by atoms with van der Waals surface area (Å²) in [6, 6.07) is 14.4. The fourth-order valence-electron chi connectivity index (χ4n) is 2.24. The van der Waals surface area contributed by atoms with Crippen molar-refractivity contribution in [1.29, 1.82) is 0 Å². The molecule has 0 spiro atoms. The molecular formula is C16H15BrN2OS2. The van der Waals surface area contributed by atoms with Gasteiger partial charge in [-0.15, -0.1) is 0 Å². The van der Waals surface area contributed by atoms with Crippen molar-refractivity contribution in [2.45, 2.75) is 11.5 Å². The zero-order valence-electron chi connectivity index (χ0n) is 12.0. The number of rotatable bonds is 5. The van der Waals surface area contributed by atoms with Gasteiger partial charge in [0.05, 0.1) is 5.69 Å². The monoisotopic (exact) mass is 394 g/mol. The number of hydrogen-bond donors (Lipinski definition) is 0. The average Bonchev–Trinajstić information content (AvgIpc) is 2.93. The van der Waals surface area contributed by atoms with Gasteiger partial charge in [-0.05, 0) is 52.2 Å². The smallest absolute Gasteiger partial charge is 0.151 e. The Morgan fingerprint density at radius 2 is 2.09 bits per heavy atom. The molecule has 0 fully saturated rings. The second-order valence-corrected chi connectivity index (χ2v) is 7.56. The third-order valence-corrected chi connectivity index (χ3v) is 5.95. The highest BCUT2D eigenvalue weighted by atomic mass is 79.9. The van der Waals surface area contributed by atoms with Crippen LogP contribution in [0.3, 0.4) is 0 Å². The Kier molecular flexibility index (Phi) is 5.03. The van der Waals surface area contributed by atoms with E-state index >= 15 is 0 Å². The van der Waals surface area contributed by atoms with Gasteiger partial charge in [-0.3, -0.25) is 3.97 Å². The van der Waals surface area contributed by atoms with Crippen LogP contribution < -0.4 is 0 Å². The highest BCUT2D eigenvalue weighted by Crippen LogP contribution is 2.35. The van der Waals surface area contributed by atoms with E-state index in [4.69, 9.17) is 4.18 Å². The van der Waals surface area contributed by atoms with Gasteiger partial charge in [-0.2, -0.15) is 0 Å². The Balaban J connectivity index is 2.17. The molecule has 1 aromatic carbocycles. The van der Waals surface area contributed by atoms with Gasteiger partial charge in [0, 0.05) is 27.2 Å². The molecule has 1 atom stereocenters. The largest absolute Gasteiger partial charge is 0.309 e. The lowest BCUT2D eigenvalue weighted by molar-refractivity contribution is 0.359. The highest BCUT2D eigenvalue weighted by Gasteiger charge is 2.15. The predicted octanol–water partition coefficient (Wildman–Crippen LogP) is 5.12. The maximum atomic E-state index is 5.55. The van der Waals surface area contributed by atoms with E-state index in [0.29, 0.717) is 6.61 Å². The van der Waals surface area contributed by atoms with E-state index in [1.807, 2.05) is 36.7 Å². The van der Waals surface area contributed by atoms with Crippen molar-refractivity contribution in [3.8, 4) is 0 Å². The van der Waals surface area contributed by atoms with E-state index in [1.165, 1.54) is 16.9 Å². The van der Waals surface area contributed by atoms with Gasteiger partial charge in [0.2, 0.25) is 0 Å². The van der Waals surface area contributed by atoms with Gasteiger partial charge in [-0.1, -0.05) is 34.7 Å². The average molecular weight is 395 g/mol. The summed E-state index contributed by atoms with van der Waals surface area (Å²) in [6.07, 6.45) is 3.73. The molecule has 2 aromatic heterocycles. The van der Waals surface area contributed by atoms with Crippen LogP contribution in [0.1, 0.15) is 5.69 Å². The minimum Gasteiger partial charge on any atom is -0.309 e. The van der Waals surface area contributed by atoms with Crippen LogP contribution in [0.2, 0.25) is 0 Å². The molecule has 0 amide bonds. The van der Waals surface area contributed by atoms with Crippen LogP contribution in [0.5, 0.6) is 0 Å². The van der Waals surface area contributed by atoms with Crippen molar-refractivity contribution in [1.82, 2.24) is 8.96 Å². The van der Waals surface area contributed by atoms with Gasteiger partial charge in [0.1, 0.15) is 6.61 Å². The summed E-state index contributed by atoms with van der Waals surface area (Å²) in [5, 5.41) is 1.08. The molecule has 3 nitrogen and oxygen atoms in total. The number of aromatic nitrogens is 2. The summed E-state index contributed by atoms with van der Waals surface area (Å²) in [4.78, 5) is 5.73. The molecular weight excluding hydrogens is 380 g/mol. The Labute approximate surface area is 145 Å². The van der Waals surface area contributed by atoms with Gasteiger partial charge in [0.25, 0.3) is 0 Å². The van der Waals surface area contributed by atoms with Gasteiger partial charge >= 0.3 is 0 Å². The molecule has 0 radical (unpaired) electrons. The molecule has 0 N–H and O–H groups in total. The Bertz CT molecular complexity index is 818. The van der Waals surface area contributed by atoms with Crippen LogP contribution in [0.25, 0.3) is 11.0 Å². The van der Waals surface area contributed by atoms with Crippen LogP contribution in [-0.2, 0) is 10.8 Å². The molecule has 0 bridgehead atoms. The van der Waals surface area contributed by atoms with Crippen molar-refractivity contribution in [2.24, 2.45) is 0 Å². The molecule has 3 rings (SSSR count). The van der Waals surface area contributed by atoms with E-state index in [2.05, 4.69) is 49.0 Å². The zero-order chi connectivity index (χ0) is 15.5. The van der Waals surface area contributed by atoms with Crippen molar-refractivity contribution in [2.75, 3.05) is 6.26 Å². The maximum absolute atomic E-state index is 5.55. The molecule has 2 heterocycles. The minimum atomic E-state index is -0.369. The van der Waals surface area contributed by atoms with Crippen LogP contribution in [0.15, 0.2) is 58.0 Å². The number of halogens is 1. The Morgan fingerprint density at radius 1 is 1.32 bits per heavy atom. The zero-order valence-corrected chi connectivity index (χ0v) is 15.2. The maximum Gasteiger partial charge on any atom is 0.151 e. The lowest BCUT2D eigenvalue weighted by Crippen LogP contribution is -1.99. The predicted molar refractivity (Wildman–Crippen MR) is 101 cm³/mol. The van der Waals surface area contributed by atoms with Crippen molar-refractivity contribution in [3.63, 3.8) is 0 Å².